The van der Waals surface area contributed by atoms with Crippen LogP contribution in [0, 0.1) is 0 Å². The van der Waals surface area contributed by atoms with Gasteiger partial charge in [0.2, 0.25) is 0 Å². The van der Waals surface area contributed by atoms with E-state index in [0.29, 0.717) is 32.8 Å². The van der Waals surface area contributed by atoms with Gasteiger partial charge in [0.25, 0.3) is 5.95 Å². The number of rotatable bonds is 2. The van der Waals surface area contributed by atoms with E-state index in [1.54, 1.807) is 6.07 Å². The maximum absolute atomic E-state index is 6.30. The molecule has 0 bridgehead atoms. The summed E-state index contributed by atoms with van der Waals surface area (Å²) in [6, 6.07) is 15.2. The van der Waals surface area contributed by atoms with E-state index in [9.17, 15) is 0 Å². The van der Waals surface area contributed by atoms with Gasteiger partial charge in [-0.3, -0.25) is 5.43 Å². The first-order valence-electron chi connectivity index (χ1n) is 7.80. The molecule has 8 nitrogen and oxygen atoms in total. The van der Waals surface area contributed by atoms with Crippen molar-refractivity contribution in [1.82, 2.24) is 30.2 Å². The zero-order chi connectivity index (χ0) is 17.7. The van der Waals surface area contributed by atoms with E-state index in [-0.39, 0.29) is 5.95 Å². The Kier molecular flexibility index (Phi) is 3.21. The fourth-order valence-corrected chi connectivity index (χ4v) is 3.21. The molecule has 26 heavy (non-hydrogen) atoms. The van der Waals surface area contributed by atoms with Gasteiger partial charge in [0, 0.05) is 10.8 Å². The number of fused-ring (bicyclic) bond motifs is 6. The van der Waals surface area contributed by atoms with Crippen LogP contribution in [-0.4, -0.2) is 30.2 Å². The minimum atomic E-state index is 0.237. The second-order valence-corrected chi connectivity index (χ2v) is 6.07. The summed E-state index contributed by atoms with van der Waals surface area (Å²) in [7, 11) is 0. The highest BCUT2D eigenvalue weighted by Gasteiger charge is 2.17. The summed E-state index contributed by atoms with van der Waals surface area (Å²) in [6.07, 6.45) is 0. The van der Waals surface area contributed by atoms with Crippen LogP contribution in [0.4, 0.5) is 5.95 Å². The molecule has 0 amide bonds. The summed E-state index contributed by atoms with van der Waals surface area (Å²) in [6.45, 7) is 0. The van der Waals surface area contributed by atoms with Crippen LogP contribution in [-0.2, 0) is 0 Å². The quantitative estimate of drug-likeness (QED) is 0.282. The average molecular weight is 363 g/mol. The van der Waals surface area contributed by atoms with E-state index < -0.39 is 0 Å². The second kappa shape index (κ2) is 5.58. The molecule has 0 aliphatic carbocycles. The smallest absolute Gasteiger partial charge is 0.257 e. The maximum Gasteiger partial charge on any atom is 0.257 e. The van der Waals surface area contributed by atoms with Gasteiger partial charge in [-0.25, -0.2) is 10.8 Å². The lowest BCUT2D eigenvalue weighted by atomic mass is 10.1. The van der Waals surface area contributed by atoms with E-state index in [2.05, 4.69) is 30.8 Å². The van der Waals surface area contributed by atoms with Crippen molar-refractivity contribution in [2.75, 3.05) is 5.43 Å². The zero-order valence-electron chi connectivity index (χ0n) is 13.3. The Morgan fingerprint density at radius 2 is 1.50 bits per heavy atom. The topological polar surface area (TPSA) is 107 Å². The van der Waals surface area contributed by atoms with Crippen molar-refractivity contribution in [3.8, 4) is 5.69 Å². The first kappa shape index (κ1) is 14.9. The standard InChI is InChI=1S/C17H11ClN8/c18-11-7-3-4-8-12(11)26-24-14-10-6-2-1-5-9(10)13-15(16(14)25-26)22-23-17(20-13)21-19/h1-8H,19H2,(H,20,21,23). The first-order chi connectivity index (χ1) is 12.8. The van der Waals surface area contributed by atoms with Gasteiger partial charge in [0.15, 0.2) is 0 Å². The number of hydrogen-bond acceptors (Lipinski definition) is 7. The molecule has 0 saturated carbocycles. The minimum Gasteiger partial charge on any atom is -0.291 e. The van der Waals surface area contributed by atoms with E-state index in [4.69, 9.17) is 17.4 Å². The summed E-state index contributed by atoms with van der Waals surface area (Å²) >= 11 is 6.30. The summed E-state index contributed by atoms with van der Waals surface area (Å²) in [5.41, 5.74) is 5.62. The molecule has 3 aromatic carbocycles. The zero-order valence-corrected chi connectivity index (χ0v) is 14.0. The minimum absolute atomic E-state index is 0.237. The molecule has 5 aromatic rings. The Bertz CT molecular complexity index is 1300. The van der Waals surface area contributed by atoms with E-state index in [1.807, 2.05) is 42.5 Å². The molecule has 0 fully saturated rings. The highest BCUT2D eigenvalue weighted by molar-refractivity contribution is 6.32. The van der Waals surface area contributed by atoms with Crippen molar-refractivity contribution in [3.05, 3.63) is 53.6 Å². The van der Waals surface area contributed by atoms with Crippen LogP contribution in [0.15, 0.2) is 48.5 Å². The normalized spacial score (nSPS) is 11.5. The predicted octanol–water partition coefficient (Wildman–Crippen LogP) is 2.85. The molecule has 0 unspecified atom stereocenters. The highest BCUT2D eigenvalue weighted by atomic mass is 35.5. The van der Waals surface area contributed by atoms with Gasteiger partial charge in [0.1, 0.15) is 27.8 Å². The Balaban J connectivity index is 1.95. The van der Waals surface area contributed by atoms with Gasteiger partial charge in [-0.15, -0.1) is 25.2 Å². The molecule has 126 valence electrons. The molecule has 2 heterocycles. The molecule has 0 aliphatic heterocycles. The van der Waals surface area contributed by atoms with Crippen molar-refractivity contribution in [3.63, 3.8) is 0 Å². The number of nitrogens with two attached hydrogens (primary N) is 1. The monoisotopic (exact) mass is 362 g/mol. The Hall–Kier alpha value is -3.36. The number of hydrazine groups is 1. The fourth-order valence-electron chi connectivity index (χ4n) is 3.00. The SMILES string of the molecule is NNc1nnc2c(n1)c1ccccc1c1nn(-c3ccccc3Cl)nc12. The molecule has 0 saturated heterocycles. The van der Waals surface area contributed by atoms with E-state index in [1.165, 1.54) is 4.80 Å². The van der Waals surface area contributed by atoms with E-state index in [0.717, 1.165) is 10.8 Å². The Labute approximate surface area is 151 Å². The third-order valence-corrected chi connectivity index (χ3v) is 4.48. The van der Waals surface area contributed by atoms with Crippen LogP contribution in [0.3, 0.4) is 0 Å². The van der Waals surface area contributed by atoms with Gasteiger partial charge < -0.3 is 0 Å². The molecule has 0 spiro atoms. The lowest BCUT2D eigenvalue weighted by Crippen LogP contribution is -2.11. The summed E-state index contributed by atoms with van der Waals surface area (Å²) in [4.78, 5) is 5.97. The second-order valence-electron chi connectivity index (χ2n) is 5.66. The largest absolute Gasteiger partial charge is 0.291 e. The average Bonchev–Trinajstić information content (AvgIpc) is 3.13. The van der Waals surface area contributed by atoms with Gasteiger partial charge in [-0.05, 0) is 12.1 Å². The number of hydrogen-bond donors (Lipinski definition) is 2. The number of benzene rings is 3. The van der Waals surface area contributed by atoms with Crippen molar-refractivity contribution < 1.29 is 0 Å². The molecular weight excluding hydrogens is 352 g/mol. The number of aromatic nitrogens is 6. The molecule has 0 radical (unpaired) electrons. The number of anilines is 1. The number of nitrogens with zero attached hydrogens (tertiary/aromatic N) is 6. The lowest BCUT2D eigenvalue weighted by Gasteiger charge is -2.04. The van der Waals surface area contributed by atoms with E-state index >= 15 is 0 Å². The molecular formula is C17H11ClN8. The van der Waals surface area contributed by atoms with Gasteiger partial charge >= 0.3 is 0 Å². The molecule has 0 aliphatic rings. The Morgan fingerprint density at radius 3 is 2.27 bits per heavy atom. The van der Waals surface area contributed by atoms with Crippen LogP contribution >= 0.6 is 11.6 Å². The third-order valence-electron chi connectivity index (χ3n) is 4.16. The lowest BCUT2D eigenvalue weighted by molar-refractivity contribution is 0.766. The van der Waals surface area contributed by atoms with Crippen LogP contribution in [0.25, 0.3) is 38.5 Å². The first-order valence-corrected chi connectivity index (χ1v) is 8.18. The van der Waals surface area contributed by atoms with Crippen molar-refractivity contribution in [2.45, 2.75) is 0 Å². The summed E-state index contributed by atoms with van der Waals surface area (Å²) in [5.74, 6) is 5.67. The molecule has 5 rings (SSSR count). The number of para-hydroxylation sites is 1. The molecule has 2 aromatic heterocycles. The van der Waals surface area contributed by atoms with Crippen molar-refractivity contribution in [1.29, 1.82) is 0 Å². The molecule has 0 atom stereocenters. The Morgan fingerprint density at radius 1 is 0.808 bits per heavy atom. The molecule has 9 heteroatoms. The number of halogens is 1. The van der Waals surface area contributed by atoms with Crippen molar-refractivity contribution >= 4 is 50.4 Å². The molecule has 3 N–H and O–H groups in total. The van der Waals surface area contributed by atoms with Crippen molar-refractivity contribution in [2.24, 2.45) is 5.84 Å². The van der Waals surface area contributed by atoms with Crippen LogP contribution < -0.4 is 11.3 Å². The number of nitrogens with one attached hydrogen (secondary N) is 1. The summed E-state index contributed by atoms with van der Waals surface area (Å²) in [5, 5.41) is 19.9. The van der Waals surface area contributed by atoms with Gasteiger partial charge in [0.05, 0.1) is 5.02 Å². The maximum atomic E-state index is 6.30. The van der Waals surface area contributed by atoms with Gasteiger partial charge in [-0.2, -0.15) is 0 Å². The van der Waals surface area contributed by atoms with Crippen LogP contribution in [0.1, 0.15) is 0 Å². The van der Waals surface area contributed by atoms with Crippen LogP contribution in [0.5, 0.6) is 0 Å². The summed E-state index contributed by atoms with van der Waals surface area (Å²) < 4.78 is 0. The van der Waals surface area contributed by atoms with Gasteiger partial charge in [-0.1, -0.05) is 48.0 Å². The highest BCUT2D eigenvalue weighted by Crippen LogP contribution is 2.32. The fraction of sp³-hybridized carbons (Fsp3) is 0. The third kappa shape index (κ3) is 2.10. The number of nitrogen functional groups attached to an aromatic ring is 1. The van der Waals surface area contributed by atoms with Crippen LogP contribution in [0.2, 0.25) is 5.02 Å². The predicted molar refractivity (Wildman–Crippen MR) is 100 cm³/mol.